The van der Waals surface area contributed by atoms with Crippen molar-refractivity contribution in [1.82, 2.24) is 4.90 Å². The summed E-state index contributed by atoms with van der Waals surface area (Å²) in [6.45, 7) is 6.02. The highest BCUT2D eigenvalue weighted by Gasteiger charge is 2.38. The van der Waals surface area contributed by atoms with Gasteiger partial charge < -0.3 is 19.2 Å². The molecule has 0 spiro atoms. The fraction of sp³-hybridized carbons (Fsp3) is 0.474. The highest BCUT2D eigenvalue weighted by molar-refractivity contribution is 5.79. The van der Waals surface area contributed by atoms with Gasteiger partial charge in [-0.2, -0.15) is 0 Å². The van der Waals surface area contributed by atoms with E-state index in [1.807, 2.05) is 24.3 Å². The summed E-state index contributed by atoms with van der Waals surface area (Å²) >= 11 is 0. The molecule has 2 aromatic rings. The van der Waals surface area contributed by atoms with Gasteiger partial charge in [-0.15, -0.1) is 0 Å². The summed E-state index contributed by atoms with van der Waals surface area (Å²) in [5.41, 5.74) is 1.14. The van der Waals surface area contributed by atoms with Crippen LogP contribution in [0.1, 0.15) is 38.7 Å². The number of ether oxygens (including phenoxy) is 1. The van der Waals surface area contributed by atoms with Crippen molar-refractivity contribution in [2.75, 3.05) is 13.1 Å². The van der Waals surface area contributed by atoms with Crippen molar-refractivity contribution in [3.63, 3.8) is 0 Å². The zero-order valence-electron chi connectivity index (χ0n) is 14.7. The second-order valence-corrected chi connectivity index (χ2v) is 7.48. The van der Waals surface area contributed by atoms with E-state index in [0.29, 0.717) is 13.0 Å². The van der Waals surface area contributed by atoms with Crippen molar-refractivity contribution in [3.05, 3.63) is 36.1 Å². The molecule has 1 aliphatic heterocycles. The normalized spacial score (nSPS) is 21.3. The number of likely N-dealkylation sites (tertiary alicyclic amines) is 1. The Morgan fingerprint density at radius 3 is 2.72 bits per heavy atom. The smallest absolute Gasteiger partial charge is 0.410 e. The van der Waals surface area contributed by atoms with Crippen molar-refractivity contribution in [3.8, 4) is 0 Å². The lowest BCUT2D eigenvalue weighted by molar-refractivity contribution is -0.144. The molecule has 1 aromatic carbocycles. The van der Waals surface area contributed by atoms with E-state index >= 15 is 0 Å². The molecule has 3 rings (SSSR count). The fourth-order valence-corrected chi connectivity index (χ4v) is 3.31. The van der Waals surface area contributed by atoms with Gasteiger partial charge in [0.2, 0.25) is 0 Å². The van der Waals surface area contributed by atoms with Gasteiger partial charge in [0.15, 0.2) is 0 Å². The molecule has 1 aliphatic rings. The molecule has 2 atom stereocenters. The average Bonchev–Trinajstić information content (AvgIpc) is 3.00. The first kappa shape index (κ1) is 17.3. The average molecular weight is 345 g/mol. The molecule has 0 radical (unpaired) electrons. The summed E-state index contributed by atoms with van der Waals surface area (Å²) in [5.74, 6) is -1.70. The minimum absolute atomic E-state index is 0.143. The van der Waals surface area contributed by atoms with Crippen LogP contribution in [-0.4, -0.2) is 40.8 Å². The SMILES string of the molecule is CC(C)(C)OC(=O)N1CC[C@H](c2ccc3occc3c2)[C@@H](C(=O)O)C1. The van der Waals surface area contributed by atoms with Gasteiger partial charge in [0.1, 0.15) is 11.2 Å². The molecular weight excluding hydrogens is 322 g/mol. The van der Waals surface area contributed by atoms with Crippen LogP contribution in [0.4, 0.5) is 4.79 Å². The number of carbonyl (C=O) groups excluding carboxylic acids is 1. The molecule has 6 heteroatoms. The molecule has 134 valence electrons. The number of aliphatic carboxylic acids is 1. The molecule has 0 bridgehead atoms. The van der Waals surface area contributed by atoms with E-state index in [1.165, 1.54) is 4.90 Å². The second-order valence-electron chi connectivity index (χ2n) is 7.48. The maximum absolute atomic E-state index is 12.3. The summed E-state index contributed by atoms with van der Waals surface area (Å²) in [7, 11) is 0. The van der Waals surface area contributed by atoms with Crippen LogP contribution in [0.25, 0.3) is 11.0 Å². The maximum atomic E-state index is 12.3. The summed E-state index contributed by atoms with van der Waals surface area (Å²) in [6, 6.07) is 7.62. The third-order valence-electron chi connectivity index (χ3n) is 4.49. The molecule has 0 saturated carbocycles. The van der Waals surface area contributed by atoms with Gasteiger partial charge in [-0.1, -0.05) is 6.07 Å². The molecule has 0 aliphatic carbocycles. The van der Waals surface area contributed by atoms with Gasteiger partial charge in [0.05, 0.1) is 12.2 Å². The summed E-state index contributed by atoms with van der Waals surface area (Å²) in [6.07, 6.45) is 1.75. The van der Waals surface area contributed by atoms with Crippen LogP contribution < -0.4 is 0 Å². The Hall–Kier alpha value is -2.50. The minimum atomic E-state index is -0.898. The number of carbonyl (C=O) groups is 2. The van der Waals surface area contributed by atoms with Crippen LogP contribution in [0.3, 0.4) is 0 Å². The number of rotatable bonds is 2. The topological polar surface area (TPSA) is 80.0 Å². The van der Waals surface area contributed by atoms with Crippen molar-refractivity contribution < 1.29 is 23.8 Å². The Morgan fingerprint density at radius 1 is 1.28 bits per heavy atom. The van der Waals surface area contributed by atoms with Gasteiger partial charge in [-0.05, 0) is 51.0 Å². The summed E-state index contributed by atoms with van der Waals surface area (Å²) in [4.78, 5) is 25.6. The number of amides is 1. The van der Waals surface area contributed by atoms with E-state index in [1.54, 1.807) is 27.0 Å². The summed E-state index contributed by atoms with van der Waals surface area (Å²) in [5, 5.41) is 10.6. The molecule has 1 amide bonds. The van der Waals surface area contributed by atoms with Crippen LogP contribution in [0.15, 0.2) is 34.9 Å². The third-order valence-corrected chi connectivity index (χ3v) is 4.49. The van der Waals surface area contributed by atoms with E-state index in [9.17, 15) is 14.7 Å². The number of piperidine rings is 1. The van der Waals surface area contributed by atoms with E-state index in [4.69, 9.17) is 9.15 Å². The molecule has 6 nitrogen and oxygen atoms in total. The first-order chi connectivity index (χ1) is 11.7. The largest absolute Gasteiger partial charge is 0.481 e. The van der Waals surface area contributed by atoms with E-state index < -0.39 is 23.6 Å². The van der Waals surface area contributed by atoms with Gasteiger partial charge in [0, 0.05) is 24.4 Å². The van der Waals surface area contributed by atoms with Crippen LogP contribution in [0, 0.1) is 5.92 Å². The molecule has 1 N–H and O–H groups in total. The molecule has 0 unspecified atom stereocenters. The van der Waals surface area contributed by atoms with E-state index in [-0.39, 0.29) is 12.5 Å². The first-order valence-electron chi connectivity index (χ1n) is 8.42. The van der Waals surface area contributed by atoms with Crippen LogP contribution >= 0.6 is 0 Å². The number of fused-ring (bicyclic) bond motifs is 1. The fourth-order valence-electron chi connectivity index (χ4n) is 3.31. The Kier molecular flexibility index (Phi) is 4.45. The predicted octanol–water partition coefficient (Wildman–Crippen LogP) is 3.86. The highest BCUT2D eigenvalue weighted by atomic mass is 16.6. The van der Waals surface area contributed by atoms with Gasteiger partial charge in [-0.3, -0.25) is 4.79 Å². The van der Waals surface area contributed by atoms with Crippen molar-refractivity contribution in [2.45, 2.75) is 38.7 Å². The van der Waals surface area contributed by atoms with Crippen molar-refractivity contribution in [2.24, 2.45) is 5.92 Å². The molecule has 1 saturated heterocycles. The quantitative estimate of drug-likeness (QED) is 0.894. The Labute approximate surface area is 146 Å². The molecule has 1 fully saturated rings. The molecule has 25 heavy (non-hydrogen) atoms. The van der Waals surface area contributed by atoms with E-state index in [0.717, 1.165) is 16.5 Å². The Bertz CT molecular complexity index is 788. The number of furan rings is 1. The van der Waals surface area contributed by atoms with Gasteiger partial charge in [-0.25, -0.2) is 4.79 Å². The monoisotopic (exact) mass is 345 g/mol. The lowest BCUT2D eigenvalue weighted by atomic mass is 9.80. The molecular formula is C19H23NO5. The van der Waals surface area contributed by atoms with Crippen LogP contribution in [0.5, 0.6) is 0 Å². The van der Waals surface area contributed by atoms with E-state index in [2.05, 4.69) is 0 Å². The Morgan fingerprint density at radius 2 is 2.04 bits per heavy atom. The molecule has 2 heterocycles. The zero-order chi connectivity index (χ0) is 18.2. The second kappa shape index (κ2) is 6.43. The minimum Gasteiger partial charge on any atom is -0.481 e. The lowest BCUT2D eigenvalue weighted by Gasteiger charge is -2.37. The predicted molar refractivity (Wildman–Crippen MR) is 92.5 cm³/mol. The standard InChI is InChI=1S/C19H23NO5/c1-19(2,3)25-18(23)20-8-6-14(15(11-20)17(21)22)12-4-5-16-13(10-12)7-9-24-16/h4-5,7,9-10,14-15H,6,8,11H2,1-3H3,(H,21,22)/t14-,15+/m1/s1. The Balaban J connectivity index is 1.80. The van der Waals surface area contributed by atoms with Crippen LogP contribution in [0.2, 0.25) is 0 Å². The first-order valence-corrected chi connectivity index (χ1v) is 8.42. The number of hydrogen-bond acceptors (Lipinski definition) is 4. The maximum Gasteiger partial charge on any atom is 0.410 e. The number of nitrogens with zero attached hydrogens (tertiary/aromatic N) is 1. The summed E-state index contributed by atoms with van der Waals surface area (Å²) < 4.78 is 10.7. The number of hydrogen-bond donors (Lipinski definition) is 1. The van der Waals surface area contributed by atoms with Gasteiger partial charge in [0.25, 0.3) is 0 Å². The van der Waals surface area contributed by atoms with Crippen LogP contribution in [-0.2, 0) is 9.53 Å². The van der Waals surface area contributed by atoms with Crippen molar-refractivity contribution >= 4 is 23.0 Å². The number of carboxylic acids is 1. The number of benzene rings is 1. The highest BCUT2D eigenvalue weighted by Crippen LogP contribution is 2.35. The number of carboxylic acid groups (broad SMARTS) is 1. The van der Waals surface area contributed by atoms with Gasteiger partial charge >= 0.3 is 12.1 Å². The van der Waals surface area contributed by atoms with Crippen molar-refractivity contribution in [1.29, 1.82) is 0 Å². The zero-order valence-corrected chi connectivity index (χ0v) is 14.7. The lowest BCUT2D eigenvalue weighted by Crippen LogP contribution is -2.47. The third kappa shape index (κ3) is 3.78. The molecule has 1 aromatic heterocycles.